The lowest BCUT2D eigenvalue weighted by atomic mass is 9.99. The topological polar surface area (TPSA) is 44.1 Å². The predicted octanol–water partition coefficient (Wildman–Crippen LogP) is 1.46. The van der Waals surface area contributed by atoms with Gasteiger partial charge < -0.3 is 4.90 Å². The summed E-state index contributed by atoms with van der Waals surface area (Å²) in [4.78, 5) is 13.3. The van der Waals surface area contributed by atoms with Crippen LogP contribution in [0.2, 0.25) is 0 Å². The van der Waals surface area contributed by atoms with Gasteiger partial charge in [-0.05, 0) is 12.0 Å². The van der Waals surface area contributed by atoms with Crippen LogP contribution in [0.3, 0.4) is 0 Å². The Balaban J connectivity index is 2.71. The van der Waals surface area contributed by atoms with Gasteiger partial charge in [0.25, 0.3) is 0 Å². The summed E-state index contributed by atoms with van der Waals surface area (Å²) in [6.45, 7) is 0.228. The van der Waals surface area contributed by atoms with Crippen molar-refractivity contribution in [1.82, 2.24) is 4.90 Å². The summed E-state index contributed by atoms with van der Waals surface area (Å²) in [6, 6.07) is 11.5. The minimum atomic E-state index is -0.671. The van der Waals surface area contributed by atoms with Crippen molar-refractivity contribution in [1.29, 1.82) is 5.26 Å². The molecule has 17 heavy (non-hydrogen) atoms. The Morgan fingerprint density at radius 1 is 1.47 bits per heavy atom. The Morgan fingerprint density at radius 3 is 2.65 bits per heavy atom. The molecule has 1 aromatic rings. The zero-order valence-corrected chi connectivity index (χ0v) is 9.76. The van der Waals surface area contributed by atoms with E-state index in [-0.39, 0.29) is 12.5 Å². The van der Waals surface area contributed by atoms with Gasteiger partial charge in [0.1, 0.15) is 5.92 Å². The number of nitriles is 1. The minimum Gasteiger partial charge on any atom is -0.333 e. The van der Waals surface area contributed by atoms with Gasteiger partial charge in [-0.3, -0.25) is 4.79 Å². The number of carbonyl (C=O) groups is 1. The molecular formula is C14H14N2O. The van der Waals surface area contributed by atoms with Gasteiger partial charge >= 0.3 is 0 Å². The van der Waals surface area contributed by atoms with Gasteiger partial charge in [-0.2, -0.15) is 5.26 Å². The fourth-order valence-corrected chi connectivity index (χ4v) is 1.52. The molecule has 3 nitrogen and oxygen atoms in total. The molecule has 0 fully saturated rings. The van der Waals surface area contributed by atoms with Crippen LogP contribution in [0.4, 0.5) is 0 Å². The van der Waals surface area contributed by atoms with Gasteiger partial charge in [0, 0.05) is 7.05 Å². The van der Waals surface area contributed by atoms with Gasteiger partial charge in [0.15, 0.2) is 0 Å². The van der Waals surface area contributed by atoms with Crippen molar-refractivity contribution in [3.63, 3.8) is 0 Å². The minimum absolute atomic E-state index is 0.227. The van der Waals surface area contributed by atoms with E-state index in [0.717, 1.165) is 5.56 Å². The molecule has 0 aliphatic carbocycles. The molecule has 0 radical (unpaired) electrons. The van der Waals surface area contributed by atoms with Crippen molar-refractivity contribution < 1.29 is 4.79 Å². The van der Waals surface area contributed by atoms with Crippen LogP contribution in [0.5, 0.6) is 0 Å². The Morgan fingerprint density at radius 2 is 2.12 bits per heavy atom. The molecule has 0 aliphatic rings. The van der Waals surface area contributed by atoms with Gasteiger partial charge in [-0.25, -0.2) is 0 Å². The normalized spacial score (nSPS) is 11.0. The van der Waals surface area contributed by atoms with Crippen LogP contribution < -0.4 is 0 Å². The zero-order chi connectivity index (χ0) is 12.7. The number of rotatable bonds is 4. The van der Waals surface area contributed by atoms with Crippen molar-refractivity contribution in [3.8, 4) is 18.4 Å². The first-order valence-corrected chi connectivity index (χ1v) is 5.31. The number of benzene rings is 1. The fraction of sp³-hybridized carbons (Fsp3) is 0.286. The molecule has 86 valence electrons. The lowest BCUT2D eigenvalue weighted by Gasteiger charge is -2.17. The van der Waals surface area contributed by atoms with Crippen LogP contribution in [0, 0.1) is 29.6 Å². The van der Waals surface area contributed by atoms with Crippen molar-refractivity contribution in [2.45, 2.75) is 6.42 Å². The molecule has 3 heteroatoms. The standard InChI is InChI=1S/C14H14N2O/c1-3-9-16(2)14(17)13(11-15)10-12-7-5-4-6-8-12/h1,4-8,13H,9-10H2,2H3. The number of hydrogen-bond donors (Lipinski definition) is 0. The molecule has 0 aromatic heterocycles. The third-order valence-electron chi connectivity index (χ3n) is 2.44. The Bertz CT molecular complexity index is 453. The molecule has 0 heterocycles. The maximum atomic E-state index is 11.9. The zero-order valence-electron chi connectivity index (χ0n) is 9.76. The van der Waals surface area contributed by atoms with Crippen LogP contribution in [0.25, 0.3) is 0 Å². The maximum absolute atomic E-state index is 11.9. The molecule has 1 amide bonds. The van der Waals surface area contributed by atoms with E-state index in [4.69, 9.17) is 11.7 Å². The molecule has 0 saturated carbocycles. The summed E-state index contributed by atoms with van der Waals surface area (Å²) in [7, 11) is 1.61. The van der Waals surface area contributed by atoms with Crippen LogP contribution in [0.15, 0.2) is 30.3 Å². The summed E-state index contributed by atoms with van der Waals surface area (Å²) >= 11 is 0. The molecule has 1 unspecified atom stereocenters. The molecule has 0 N–H and O–H groups in total. The first kappa shape index (κ1) is 12.8. The van der Waals surface area contributed by atoms with Crippen molar-refractivity contribution in [2.75, 3.05) is 13.6 Å². The number of carbonyl (C=O) groups excluding carboxylic acids is 1. The van der Waals surface area contributed by atoms with Crippen molar-refractivity contribution in [3.05, 3.63) is 35.9 Å². The van der Waals surface area contributed by atoms with E-state index in [1.807, 2.05) is 36.4 Å². The first-order valence-electron chi connectivity index (χ1n) is 5.31. The van der Waals surface area contributed by atoms with Crippen LogP contribution in [-0.4, -0.2) is 24.4 Å². The smallest absolute Gasteiger partial charge is 0.240 e. The van der Waals surface area contributed by atoms with Crippen molar-refractivity contribution in [2.24, 2.45) is 5.92 Å². The van der Waals surface area contributed by atoms with E-state index >= 15 is 0 Å². The van der Waals surface area contributed by atoms with Crippen LogP contribution in [0.1, 0.15) is 5.56 Å². The highest BCUT2D eigenvalue weighted by Crippen LogP contribution is 2.10. The number of terminal acetylenes is 1. The second kappa shape index (κ2) is 6.35. The fourth-order valence-electron chi connectivity index (χ4n) is 1.52. The highest BCUT2D eigenvalue weighted by molar-refractivity contribution is 5.81. The third-order valence-corrected chi connectivity index (χ3v) is 2.44. The average Bonchev–Trinajstić information content (AvgIpc) is 2.36. The molecular weight excluding hydrogens is 212 g/mol. The lowest BCUT2D eigenvalue weighted by Crippen LogP contribution is -2.33. The quantitative estimate of drug-likeness (QED) is 0.729. The molecule has 1 rings (SSSR count). The maximum Gasteiger partial charge on any atom is 0.240 e. The van der Waals surface area contributed by atoms with Crippen LogP contribution >= 0.6 is 0 Å². The Kier molecular flexibility index (Phi) is 4.78. The monoisotopic (exact) mass is 226 g/mol. The first-order chi connectivity index (χ1) is 8.19. The van der Waals surface area contributed by atoms with Gasteiger partial charge in [-0.1, -0.05) is 36.3 Å². The number of hydrogen-bond acceptors (Lipinski definition) is 2. The highest BCUT2D eigenvalue weighted by Gasteiger charge is 2.21. The molecule has 1 atom stereocenters. The van der Waals surface area contributed by atoms with E-state index in [2.05, 4.69) is 5.92 Å². The second-order valence-electron chi connectivity index (χ2n) is 3.77. The van der Waals surface area contributed by atoms with Crippen molar-refractivity contribution >= 4 is 5.91 Å². The molecule has 0 spiro atoms. The average molecular weight is 226 g/mol. The largest absolute Gasteiger partial charge is 0.333 e. The predicted molar refractivity (Wildman–Crippen MR) is 65.7 cm³/mol. The summed E-state index contributed by atoms with van der Waals surface area (Å²) in [6.07, 6.45) is 5.56. The number of nitrogens with zero attached hydrogens (tertiary/aromatic N) is 2. The molecule has 0 aliphatic heterocycles. The van der Waals surface area contributed by atoms with E-state index < -0.39 is 5.92 Å². The SMILES string of the molecule is C#CCN(C)C(=O)C(C#N)Cc1ccccc1. The van der Waals surface area contributed by atoms with E-state index in [9.17, 15) is 4.79 Å². The summed E-state index contributed by atoms with van der Waals surface area (Å²) in [5.41, 5.74) is 0.974. The summed E-state index contributed by atoms with van der Waals surface area (Å²) < 4.78 is 0. The van der Waals surface area contributed by atoms with Gasteiger partial charge in [0.05, 0.1) is 12.6 Å². The van der Waals surface area contributed by atoms with Crippen LogP contribution in [-0.2, 0) is 11.2 Å². The van der Waals surface area contributed by atoms with Gasteiger partial charge in [-0.15, -0.1) is 6.42 Å². The third kappa shape index (κ3) is 3.66. The Labute approximate surface area is 102 Å². The summed E-state index contributed by atoms with van der Waals surface area (Å²) in [5.74, 6) is 1.49. The molecule has 1 aromatic carbocycles. The summed E-state index contributed by atoms with van der Waals surface area (Å²) in [5, 5.41) is 9.03. The second-order valence-corrected chi connectivity index (χ2v) is 3.77. The lowest BCUT2D eigenvalue weighted by molar-refractivity contribution is -0.131. The number of amides is 1. The van der Waals surface area contributed by atoms with E-state index in [0.29, 0.717) is 6.42 Å². The van der Waals surface area contributed by atoms with E-state index in [1.54, 1.807) is 7.05 Å². The molecule has 0 saturated heterocycles. The van der Waals surface area contributed by atoms with E-state index in [1.165, 1.54) is 4.90 Å². The highest BCUT2D eigenvalue weighted by atomic mass is 16.2. The Hall–Kier alpha value is -2.26. The van der Waals surface area contributed by atoms with Gasteiger partial charge in [0.2, 0.25) is 5.91 Å². The molecule has 0 bridgehead atoms.